The fourth-order valence-electron chi connectivity index (χ4n) is 1.34. The van der Waals surface area contributed by atoms with Gasteiger partial charge in [-0.05, 0) is 36.6 Å². The first-order valence-corrected chi connectivity index (χ1v) is 6.96. The maximum atomic E-state index is 11.8. The fourth-order valence-corrected chi connectivity index (χ4v) is 2.50. The zero-order chi connectivity index (χ0) is 13.8. The van der Waals surface area contributed by atoms with Gasteiger partial charge in [0.1, 0.15) is 0 Å². The van der Waals surface area contributed by atoms with Crippen LogP contribution in [0.2, 0.25) is 10.0 Å². The Kier molecular flexibility index (Phi) is 4.58. The van der Waals surface area contributed by atoms with Crippen LogP contribution in [-0.4, -0.2) is 11.7 Å². The Hall–Kier alpha value is -1.36. The summed E-state index contributed by atoms with van der Waals surface area (Å²) >= 11 is 13.2. The van der Waals surface area contributed by atoms with Crippen molar-refractivity contribution in [1.82, 2.24) is 0 Å². The molecule has 6 heteroatoms. The molecule has 2 aromatic rings. The lowest BCUT2D eigenvalue weighted by Crippen LogP contribution is -2.04. The number of carbonyl (C=O) groups excluding carboxylic acids is 1. The molecule has 0 N–H and O–H groups in total. The van der Waals surface area contributed by atoms with Crippen molar-refractivity contribution in [3.05, 3.63) is 56.2 Å². The molecule has 2 rings (SSSR count). The van der Waals surface area contributed by atoms with Gasteiger partial charge in [-0.1, -0.05) is 34.4 Å². The summed E-state index contributed by atoms with van der Waals surface area (Å²) < 4.78 is 0. The van der Waals surface area contributed by atoms with Gasteiger partial charge < -0.3 is 4.84 Å². The van der Waals surface area contributed by atoms with Crippen LogP contribution in [-0.2, 0) is 4.84 Å². The van der Waals surface area contributed by atoms with Crippen LogP contribution >= 0.6 is 34.5 Å². The van der Waals surface area contributed by atoms with Gasteiger partial charge in [0.05, 0.1) is 21.2 Å². The highest BCUT2D eigenvalue weighted by molar-refractivity contribution is 7.12. The third-order valence-corrected chi connectivity index (χ3v) is 3.82. The molecule has 0 spiro atoms. The van der Waals surface area contributed by atoms with Gasteiger partial charge in [0.2, 0.25) is 0 Å². The van der Waals surface area contributed by atoms with E-state index in [-0.39, 0.29) is 10.6 Å². The van der Waals surface area contributed by atoms with Crippen LogP contribution in [0.5, 0.6) is 0 Å². The summed E-state index contributed by atoms with van der Waals surface area (Å²) in [7, 11) is 0. The van der Waals surface area contributed by atoms with Gasteiger partial charge in [0, 0.05) is 5.02 Å². The average molecular weight is 314 g/mol. The standard InChI is InChI=1S/C13H9Cl2NO2S/c1-8(12-3-2-6-19-12)16-18-13(17)10-5-4-9(14)7-11(10)15/h2-7H,1H3/b16-8+. The molecule has 3 nitrogen and oxygen atoms in total. The average Bonchev–Trinajstić information content (AvgIpc) is 2.89. The van der Waals surface area contributed by atoms with Crippen LogP contribution in [0.4, 0.5) is 0 Å². The SMILES string of the molecule is C/C(=N\OC(=O)c1ccc(Cl)cc1Cl)c1cccs1. The molecule has 0 atom stereocenters. The van der Waals surface area contributed by atoms with Crippen molar-refractivity contribution in [1.29, 1.82) is 0 Å². The van der Waals surface area contributed by atoms with Crippen LogP contribution in [0, 0.1) is 0 Å². The number of oxime groups is 1. The van der Waals surface area contributed by atoms with Crippen LogP contribution in [0.15, 0.2) is 40.9 Å². The Morgan fingerprint density at radius 3 is 2.74 bits per heavy atom. The first-order valence-electron chi connectivity index (χ1n) is 5.33. The van der Waals surface area contributed by atoms with E-state index in [9.17, 15) is 4.79 Å². The molecular weight excluding hydrogens is 305 g/mol. The molecular formula is C13H9Cl2NO2S. The number of thiophene rings is 1. The molecule has 0 aliphatic rings. The quantitative estimate of drug-likeness (QED) is 0.470. The molecule has 0 bridgehead atoms. The van der Waals surface area contributed by atoms with Gasteiger partial charge in [0.25, 0.3) is 0 Å². The summed E-state index contributed by atoms with van der Waals surface area (Å²) in [6, 6.07) is 8.35. The van der Waals surface area contributed by atoms with Gasteiger partial charge in [-0.3, -0.25) is 0 Å². The fraction of sp³-hybridized carbons (Fsp3) is 0.0769. The first-order chi connectivity index (χ1) is 9.08. The summed E-state index contributed by atoms with van der Waals surface area (Å²) in [5, 5.41) is 6.41. The lowest BCUT2D eigenvalue weighted by Gasteiger charge is -2.02. The summed E-state index contributed by atoms with van der Waals surface area (Å²) in [5.41, 5.74) is 0.863. The van der Waals surface area contributed by atoms with Crippen molar-refractivity contribution >= 4 is 46.2 Å². The van der Waals surface area contributed by atoms with E-state index in [4.69, 9.17) is 28.0 Å². The largest absolute Gasteiger partial charge is 0.367 e. The Bertz CT molecular complexity index is 624. The Morgan fingerprint density at radius 1 is 1.32 bits per heavy atom. The number of hydrogen-bond donors (Lipinski definition) is 0. The second kappa shape index (κ2) is 6.19. The molecule has 0 saturated carbocycles. The minimum absolute atomic E-state index is 0.230. The predicted octanol–water partition coefficient (Wildman–Crippen LogP) is 4.64. The maximum Gasteiger partial charge on any atom is 0.367 e. The smallest absolute Gasteiger partial charge is 0.312 e. The third kappa shape index (κ3) is 3.56. The number of carbonyl (C=O) groups is 1. The zero-order valence-electron chi connectivity index (χ0n) is 9.89. The van der Waals surface area contributed by atoms with Gasteiger partial charge in [-0.15, -0.1) is 11.3 Å². The normalized spacial score (nSPS) is 11.4. The monoisotopic (exact) mass is 313 g/mol. The summed E-state index contributed by atoms with van der Waals surface area (Å²) in [6.07, 6.45) is 0. The number of benzene rings is 1. The second-order valence-electron chi connectivity index (χ2n) is 3.66. The Labute approximate surface area is 124 Å². The molecule has 0 radical (unpaired) electrons. The van der Waals surface area contributed by atoms with Gasteiger partial charge in [-0.2, -0.15) is 0 Å². The molecule has 0 unspecified atom stereocenters. The highest BCUT2D eigenvalue weighted by Crippen LogP contribution is 2.21. The number of nitrogens with zero attached hydrogens (tertiary/aromatic N) is 1. The van der Waals surface area contributed by atoms with Crippen molar-refractivity contribution in [2.24, 2.45) is 5.16 Å². The van der Waals surface area contributed by atoms with Crippen molar-refractivity contribution in [3.63, 3.8) is 0 Å². The molecule has 0 amide bonds. The predicted molar refractivity (Wildman–Crippen MR) is 78.4 cm³/mol. The highest BCUT2D eigenvalue weighted by Gasteiger charge is 2.12. The van der Waals surface area contributed by atoms with E-state index in [1.807, 2.05) is 17.5 Å². The minimum atomic E-state index is -0.613. The molecule has 19 heavy (non-hydrogen) atoms. The van der Waals surface area contributed by atoms with Crippen molar-refractivity contribution in [2.75, 3.05) is 0 Å². The second-order valence-corrected chi connectivity index (χ2v) is 5.45. The Morgan fingerprint density at radius 2 is 2.11 bits per heavy atom. The number of rotatable bonds is 3. The van der Waals surface area contributed by atoms with Crippen molar-refractivity contribution < 1.29 is 9.63 Å². The summed E-state index contributed by atoms with van der Waals surface area (Å²) in [6.45, 7) is 1.77. The molecule has 0 saturated heterocycles. The minimum Gasteiger partial charge on any atom is -0.312 e. The van der Waals surface area contributed by atoms with Gasteiger partial charge >= 0.3 is 5.97 Å². The van der Waals surface area contributed by atoms with E-state index in [2.05, 4.69) is 5.16 Å². The Balaban J connectivity index is 2.11. The van der Waals surface area contributed by atoms with Gasteiger partial charge in [0.15, 0.2) is 0 Å². The van der Waals surface area contributed by atoms with Crippen LogP contribution in [0.25, 0.3) is 0 Å². The summed E-state index contributed by atoms with van der Waals surface area (Å²) in [5.74, 6) is -0.613. The van der Waals surface area contributed by atoms with Crippen LogP contribution in [0.3, 0.4) is 0 Å². The number of hydrogen-bond acceptors (Lipinski definition) is 4. The lowest BCUT2D eigenvalue weighted by molar-refractivity contribution is 0.0516. The molecule has 98 valence electrons. The summed E-state index contributed by atoms with van der Waals surface area (Å²) in [4.78, 5) is 17.6. The van der Waals surface area contributed by atoms with Crippen LogP contribution < -0.4 is 0 Å². The topological polar surface area (TPSA) is 38.7 Å². The van der Waals surface area contributed by atoms with E-state index in [1.54, 1.807) is 13.0 Å². The maximum absolute atomic E-state index is 11.8. The number of halogens is 2. The van der Waals surface area contributed by atoms with E-state index < -0.39 is 5.97 Å². The first kappa shape index (κ1) is 14.1. The van der Waals surface area contributed by atoms with Gasteiger partial charge in [-0.25, -0.2) is 4.79 Å². The zero-order valence-corrected chi connectivity index (χ0v) is 12.2. The van der Waals surface area contributed by atoms with Crippen molar-refractivity contribution in [3.8, 4) is 0 Å². The van der Waals surface area contributed by atoms with E-state index in [1.165, 1.54) is 23.5 Å². The molecule has 0 aliphatic heterocycles. The lowest BCUT2D eigenvalue weighted by atomic mass is 10.2. The highest BCUT2D eigenvalue weighted by atomic mass is 35.5. The molecule has 1 aromatic heterocycles. The molecule has 1 heterocycles. The molecule has 1 aromatic carbocycles. The third-order valence-electron chi connectivity index (χ3n) is 2.29. The molecule has 0 aliphatic carbocycles. The molecule has 0 fully saturated rings. The van der Waals surface area contributed by atoms with Crippen LogP contribution in [0.1, 0.15) is 22.2 Å². The van der Waals surface area contributed by atoms with E-state index in [0.29, 0.717) is 10.7 Å². The van der Waals surface area contributed by atoms with E-state index in [0.717, 1.165) is 4.88 Å². The van der Waals surface area contributed by atoms with E-state index >= 15 is 0 Å². The van der Waals surface area contributed by atoms with Crippen molar-refractivity contribution in [2.45, 2.75) is 6.92 Å².